The fraction of sp³-hybridized carbons (Fsp3) is 0.692. The smallest absolute Gasteiger partial charge is 0.107 e. The van der Waals surface area contributed by atoms with E-state index in [0.29, 0.717) is 6.04 Å². The zero-order valence-corrected chi connectivity index (χ0v) is 13.7. The molecule has 0 saturated carbocycles. The number of hydrogen-bond donors (Lipinski definition) is 1. The molecule has 0 spiro atoms. The Morgan fingerprint density at radius 3 is 2.65 bits per heavy atom. The summed E-state index contributed by atoms with van der Waals surface area (Å²) < 4.78 is 1.89. The Bertz CT molecular complexity index is 308. The number of hydrogen-bond acceptors (Lipinski definition) is 2. The zero-order valence-electron chi connectivity index (χ0n) is 10.6. The molecule has 1 aromatic heterocycles. The van der Waals surface area contributed by atoms with Crippen LogP contribution in [0.2, 0.25) is 4.34 Å². The van der Waals surface area contributed by atoms with Gasteiger partial charge in [-0.15, -0.1) is 11.3 Å². The first-order chi connectivity index (χ1) is 8.19. The van der Waals surface area contributed by atoms with Crippen molar-refractivity contribution in [2.24, 2.45) is 0 Å². The highest BCUT2D eigenvalue weighted by molar-refractivity contribution is 9.10. The molecule has 1 aromatic rings. The summed E-state index contributed by atoms with van der Waals surface area (Å²) in [5, 5.41) is 3.62. The molecule has 0 aliphatic rings. The van der Waals surface area contributed by atoms with E-state index < -0.39 is 0 Å². The van der Waals surface area contributed by atoms with Crippen molar-refractivity contribution in [3.05, 3.63) is 19.8 Å². The summed E-state index contributed by atoms with van der Waals surface area (Å²) in [6, 6.07) is 2.63. The molecule has 0 saturated heterocycles. The topological polar surface area (TPSA) is 12.0 Å². The van der Waals surface area contributed by atoms with E-state index in [2.05, 4.69) is 41.2 Å². The minimum Gasteiger partial charge on any atom is -0.309 e. The van der Waals surface area contributed by atoms with Gasteiger partial charge < -0.3 is 5.32 Å². The molecular weight excluding hydrogens is 318 g/mol. The van der Waals surface area contributed by atoms with Crippen LogP contribution < -0.4 is 5.32 Å². The van der Waals surface area contributed by atoms with Crippen LogP contribution in [0, 0.1) is 0 Å². The van der Waals surface area contributed by atoms with Crippen LogP contribution in [0.1, 0.15) is 56.9 Å². The lowest BCUT2D eigenvalue weighted by Crippen LogP contribution is -2.21. The summed E-state index contributed by atoms with van der Waals surface area (Å²) in [5.41, 5.74) is 0. The van der Waals surface area contributed by atoms with Crippen molar-refractivity contribution in [1.29, 1.82) is 0 Å². The fourth-order valence-corrected chi connectivity index (χ4v) is 3.64. The van der Waals surface area contributed by atoms with E-state index in [-0.39, 0.29) is 0 Å². The summed E-state index contributed by atoms with van der Waals surface area (Å²) in [7, 11) is 0. The average molecular weight is 339 g/mol. The molecule has 4 heteroatoms. The largest absolute Gasteiger partial charge is 0.309 e. The van der Waals surface area contributed by atoms with E-state index in [9.17, 15) is 0 Å². The number of unbranched alkanes of at least 4 members (excludes halogenated alkanes) is 2. The second-order valence-corrected chi connectivity index (χ2v) is 6.81. The highest BCUT2D eigenvalue weighted by Gasteiger charge is 2.14. The summed E-state index contributed by atoms with van der Waals surface area (Å²) in [5.74, 6) is 0. The highest BCUT2D eigenvalue weighted by Crippen LogP contribution is 2.36. The Kier molecular flexibility index (Phi) is 7.76. The quantitative estimate of drug-likeness (QED) is 0.592. The SMILES string of the molecule is CCCCCC(NCCC)c1cc(Br)c(Cl)s1. The molecule has 0 aliphatic heterocycles. The third-order valence-corrected chi connectivity index (χ3v) is 5.33. The van der Waals surface area contributed by atoms with Crippen LogP contribution in [0.25, 0.3) is 0 Å². The first-order valence-electron chi connectivity index (χ1n) is 6.37. The Morgan fingerprint density at radius 1 is 1.35 bits per heavy atom. The Morgan fingerprint density at radius 2 is 2.12 bits per heavy atom. The normalized spacial score (nSPS) is 12.9. The van der Waals surface area contributed by atoms with Gasteiger partial charge in [0, 0.05) is 15.4 Å². The first-order valence-corrected chi connectivity index (χ1v) is 8.35. The van der Waals surface area contributed by atoms with Gasteiger partial charge in [0.05, 0.1) is 0 Å². The van der Waals surface area contributed by atoms with Gasteiger partial charge in [0.2, 0.25) is 0 Å². The van der Waals surface area contributed by atoms with Crippen molar-refractivity contribution in [2.45, 2.75) is 52.0 Å². The van der Waals surface area contributed by atoms with E-state index in [1.165, 1.54) is 37.0 Å². The molecule has 1 N–H and O–H groups in total. The van der Waals surface area contributed by atoms with Crippen molar-refractivity contribution in [3.63, 3.8) is 0 Å². The highest BCUT2D eigenvalue weighted by atomic mass is 79.9. The zero-order chi connectivity index (χ0) is 12.7. The molecule has 1 nitrogen and oxygen atoms in total. The predicted octanol–water partition coefficient (Wildman–Crippen LogP) is 5.79. The van der Waals surface area contributed by atoms with Gasteiger partial charge in [0.15, 0.2) is 0 Å². The minimum absolute atomic E-state index is 0.468. The third-order valence-electron chi connectivity index (χ3n) is 2.74. The average Bonchev–Trinajstić information content (AvgIpc) is 2.64. The standard InChI is InChI=1S/C13H21BrClNS/c1-3-5-6-7-11(16-8-4-2)12-9-10(14)13(15)17-12/h9,11,16H,3-8H2,1-2H3. The van der Waals surface area contributed by atoms with E-state index in [1.807, 2.05) is 0 Å². The monoisotopic (exact) mass is 337 g/mol. The number of thiophene rings is 1. The van der Waals surface area contributed by atoms with Crippen LogP contribution in [0.15, 0.2) is 10.5 Å². The van der Waals surface area contributed by atoms with Crippen molar-refractivity contribution in [2.75, 3.05) is 6.54 Å². The summed E-state index contributed by atoms with van der Waals surface area (Å²) >= 11 is 11.3. The van der Waals surface area contributed by atoms with Gasteiger partial charge >= 0.3 is 0 Å². The predicted molar refractivity (Wildman–Crippen MR) is 82.2 cm³/mol. The van der Waals surface area contributed by atoms with Gasteiger partial charge in [-0.2, -0.15) is 0 Å². The first kappa shape index (κ1) is 15.5. The second-order valence-electron chi connectivity index (χ2n) is 4.27. The maximum Gasteiger partial charge on any atom is 0.107 e. The molecule has 0 aromatic carbocycles. The van der Waals surface area contributed by atoms with E-state index in [4.69, 9.17) is 11.6 Å². The summed E-state index contributed by atoms with van der Waals surface area (Å²) in [6.07, 6.45) is 6.24. The number of halogens is 2. The molecule has 1 rings (SSSR count). The fourth-order valence-electron chi connectivity index (χ4n) is 1.80. The molecule has 0 radical (unpaired) electrons. The lowest BCUT2D eigenvalue weighted by molar-refractivity contribution is 0.480. The molecule has 0 fully saturated rings. The molecule has 0 amide bonds. The van der Waals surface area contributed by atoms with E-state index >= 15 is 0 Å². The van der Waals surface area contributed by atoms with Gasteiger partial charge in [0.25, 0.3) is 0 Å². The molecule has 17 heavy (non-hydrogen) atoms. The van der Waals surface area contributed by atoms with Crippen molar-refractivity contribution >= 4 is 38.9 Å². The van der Waals surface area contributed by atoms with Crippen molar-refractivity contribution in [1.82, 2.24) is 5.32 Å². The van der Waals surface area contributed by atoms with Crippen LogP contribution in [0.5, 0.6) is 0 Å². The maximum absolute atomic E-state index is 6.11. The van der Waals surface area contributed by atoms with E-state index in [0.717, 1.165) is 15.4 Å². The summed E-state index contributed by atoms with van der Waals surface area (Å²) in [4.78, 5) is 1.35. The number of rotatable bonds is 8. The lowest BCUT2D eigenvalue weighted by atomic mass is 10.1. The van der Waals surface area contributed by atoms with Gasteiger partial charge in [-0.05, 0) is 41.4 Å². The summed E-state index contributed by atoms with van der Waals surface area (Å²) in [6.45, 7) is 5.52. The maximum atomic E-state index is 6.11. The van der Waals surface area contributed by atoms with Crippen molar-refractivity contribution < 1.29 is 0 Å². The Hall–Kier alpha value is 0.430. The Balaban J connectivity index is 2.60. The Labute approximate surface area is 122 Å². The molecule has 98 valence electrons. The van der Waals surface area contributed by atoms with Gasteiger partial charge in [0.1, 0.15) is 4.34 Å². The molecule has 1 unspecified atom stereocenters. The molecule has 0 bridgehead atoms. The molecule has 1 atom stereocenters. The van der Waals surface area contributed by atoms with Crippen LogP contribution in [0.4, 0.5) is 0 Å². The van der Waals surface area contributed by atoms with Gasteiger partial charge in [-0.1, -0.05) is 44.7 Å². The molecular formula is C13H21BrClNS. The molecule has 1 heterocycles. The van der Waals surface area contributed by atoms with Gasteiger partial charge in [-0.25, -0.2) is 0 Å². The van der Waals surface area contributed by atoms with Crippen molar-refractivity contribution in [3.8, 4) is 0 Å². The van der Waals surface area contributed by atoms with Crippen LogP contribution in [-0.4, -0.2) is 6.54 Å². The van der Waals surface area contributed by atoms with Gasteiger partial charge in [-0.3, -0.25) is 0 Å². The van der Waals surface area contributed by atoms with Crippen LogP contribution in [-0.2, 0) is 0 Å². The van der Waals surface area contributed by atoms with Crippen LogP contribution in [0.3, 0.4) is 0 Å². The third kappa shape index (κ3) is 5.29. The molecule has 0 aliphatic carbocycles. The number of nitrogens with one attached hydrogen (secondary N) is 1. The second kappa shape index (κ2) is 8.52. The lowest BCUT2D eigenvalue weighted by Gasteiger charge is -2.16. The minimum atomic E-state index is 0.468. The van der Waals surface area contributed by atoms with E-state index in [1.54, 1.807) is 11.3 Å². The van der Waals surface area contributed by atoms with Crippen LogP contribution >= 0.6 is 38.9 Å².